The van der Waals surface area contributed by atoms with Crippen molar-refractivity contribution in [3.63, 3.8) is 0 Å². The largest absolute Gasteiger partial charge is 0.497 e. The summed E-state index contributed by atoms with van der Waals surface area (Å²) in [6.45, 7) is 0.258. The Bertz CT molecular complexity index is 1150. The van der Waals surface area contributed by atoms with E-state index in [4.69, 9.17) is 9.47 Å². The van der Waals surface area contributed by atoms with Crippen molar-refractivity contribution in [2.24, 2.45) is 5.92 Å². The number of aromatic nitrogens is 1. The molecule has 2 aromatic carbocycles. The van der Waals surface area contributed by atoms with Crippen LogP contribution in [0, 0.1) is 11.7 Å². The maximum atomic E-state index is 13.2. The minimum atomic E-state index is -0.484. The molecule has 2 amide bonds. The van der Waals surface area contributed by atoms with E-state index in [0.29, 0.717) is 16.6 Å². The second-order valence-electron chi connectivity index (χ2n) is 7.73. The highest BCUT2D eigenvalue weighted by Crippen LogP contribution is 2.29. The SMILES string of the molecule is COc1cc(CSCc2csc(NC(=O)C3CC(=O)N(c4ccc(F)cc4)C3)n2)cc(OC)c1. The molecule has 1 atom stereocenters. The fraction of sp³-hybridized carbons (Fsp3) is 0.292. The van der Waals surface area contributed by atoms with Crippen molar-refractivity contribution in [2.45, 2.75) is 17.9 Å². The number of halogens is 1. The number of thioether (sulfide) groups is 1. The van der Waals surface area contributed by atoms with Crippen molar-refractivity contribution < 1.29 is 23.5 Å². The summed E-state index contributed by atoms with van der Waals surface area (Å²) in [5, 5.41) is 5.26. The van der Waals surface area contributed by atoms with Gasteiger partial charge in [-0.05, 0) is 42.0 Å². The van der Waals surface area contributed by atoms with E-state index in [-0.39, 0.29) is 30.6 Å². The average molecular weight is 502 g/mol. The second-order valence-corrected chi connectivity index (χ2v) is 9.57. The van der Waals surface area contributed by atoms with Gasteiger partial charge in [-0.2, -0.15) is 11.8 Å². The first-order chi connectivity index (χ1) is 16.4. The van der Waals surface area contributed by atoms with Crippen LogP contribution in [0.3, 0.4) is 0 Å². The highest BCUT2D eigenvalue weighted by molar-refractivity contribution is 7.97. The van der Waals surface area contributed by atoms with Crippen molar-refractivity contribution in [1.29, 1.82) is 0 Å². The summed E-state index contributed by atoms with van der Waals surface area (Å²) >= 11 is 3.05. The molecule has 1 unspecified atom stereocenters. The van der Waals surface area contributed by atoms with Gasteiger partial charge in [-0.1, -0.05) is 0 Å². The topological polar surface area (TPSA) is 80.8 Å². The lowest BCUT2D eigenvalue weighted by Gasteiger charge is -2.16. The molecule has 178 valence electrons. The van der Waals surface area contributed by atoms with Crippen molar-refractivity contribution >= 4 is 45.7 Å². The van der Waals surface area contributed by atoms with Crippen molar-refractivity contribution in [2.75, 3.05) is 31.0 Å². The van der Waals surface area contributed by atoms with Gasteiger partial charge in [-0.3, -0.25) is 9.59 Å². The molecule has 1 aromatic heterocycles. The van der Waals surface area contributed by atoms with Crippen LogP contribution in [0.25, 0.3) is 0 Å². The Morgan fingerprint density at radius 1 is 1.18 bits per heavy atom. The molecule has 0 radical (unpaired) electrons. The van der Waals surface area contributed by atoms with Crippen LogP contribution < -0.4 is 19.7 Å². The average Bonchev–Trinajstić information content (AvgIpc) is 3.45. The first-order valence-corrected chi connectivity index (χ1v) is 12.6. The zero-order valence-corrected chi connectivity index (χ0v) is 20.4. The Labute approximate surface area is 205 Å². The number of carbonyl (C=O) groups is 2. The molecule has 0 spiro atoms. The number of hydrogen-bond donors (Lipinski definition) is 1. The molecule has 3 aromatic rings. The van der Waals surface area contributed by atoms with Crippen LogP contribution in [-0.4, -0.2) is 37.6 Å². The molecule has 0 bridgehead atoms. The summed E-state index contributed by atoms with van der Waals surface area (Å²) in [5.74, 6) is 1.69. The second kappa shape index (κ2) is 10.9. The number of carbonyl (C=O) groups excluding carboxylic acids is 2. The van der Waals surface area contributed by atoms with Gasteiger partial charge in [0.05, 0.1) is 25.8 Å². The molecule has 0 saturated carbocycles. The molecule has 1 aliphatic heterocycles. The molecule has 34 heavy (non-hydrogen) atoms. The molecule has 7 nitrogen and oxygen atoms in total. The monoisotopic (exact) mass is 501 g/mol. The first kappa shape index (κ1) is 24.0. The minimum absolute atomic E-state index is 0.112. The van der Waals surface area contributed by atoms with Gasteiger partial charge in [-0.25, -0.2) is 9.37 Å². The third-order valence-electron chi connectivity index (χ3n) is 5.35. The Morgan fingerprint density at radius 2 is 1.88 bits per heavy atom. The molecule has 0 aliphatic carbocycles. The van der Waals surface area contributed by atoms with Gasteiger partial charge >= 0.3 is 0 Å². The number of nitrogens with one attached hydrogen (secondary N) is 1. The van der Waals surface area contributed by atoms with Gasteiger partial charge in [0.1, 0.15) is 17.3 Å². The predicted octanol–water partition coefficient (Wildman–Crippen LogP) is 4.72. The minimum Gasteiger partial charge on any atom is -0.497 e. The molecule has 1 fully saturated rings. The van der Waals surface area contributed by atoms with Gasteiger partial charge in [-0.15, -0.1) is 11.3 Å². The Kier molecular flexibility index (Phi) is 7.69. The van der Waals surface area contributed by atoms with Crippen LogP contribution in [0.5, 0.6) is 11.5 Å². The van der Waals surface area contributed by atoms with E-state index in [0.717, 1.165) is 28.5 Å². The Hall–Kier alpha value is -3.11. The van der Waals surface area contributed by atoms with E-state index < -0.39 is 5.92 Å². The van der Waals surface area contributed by atoms with Crippen LogP contribution in [-0.2, 0) is 21.1 Å². The van der Waals surface area contributed by atoms with E-state index in [1.165, 1.54) is 28.4 Å². The van der Waals surface area contributed by atoms with Gasteiger partial charge in [0.25, 0.3) is 0 Å². The van der Waals surface area contributed by atoms with E-state index >= 15 is 0 Å². The fourth-order valence-corrected chi connectivity index (χ4v) is 5.30. The lowest BCUT2D eigenvalue weighted by molar-refractivity contribution is -0.122. The van der Waals surface area contributed by atoms with E-state index in [9.17, 15) is 14.0 Å². The van der Waals surface area contributed by atoms with Crippen molar-refractivity contribution in [3.05, 3.63) is 64.9 Å². The van der Waals surface area contributed by atoms with Crippen LogP contribution in [0.4, 0.5) is 15.2 Å². The molecule has 2 heterocycles. The fourth-order valence-electron chi connectivity index (χ4n) is 3.62. The maximum absolute atomic E-state index is 13.2. The molecule has 4 rings (SSSR count). The maximum Gasteiger partial charge on any atom is 0.231 e. The van der Waals surface area contributed by atoms with Crippen LogP contribution >= 0.6 is 23.1 Å². The smallest absolute Gasteiger partial charge is 0.231 e. The molecule has 10 heteroatoms. The number of anilines is 2. The number of thiazole rings is 1. The molecular weight excluding hydrogens is 477 g/mol. The first-order valence-electron chi connectivity index (χ1n) is 10.6. The normalized spacial score (nSPS) is 15.4. The summed E-state index contributed by atoms with van der Waals surface area (Å²) in [7, 11) is 3.25. The van der Waals surface area contributed by atoms with E-state index in [1.54, 1.807) is 38.1 Å². The zero-order valence-electron chi connectivity index (χ0n) is 18.7. The number of methoxy groups -OCH3 is 2. The van der Waals surface area contributed by atoms with Gasteiger partial charge in [0, 0.05) is 41.6 Å². The lowest BCUT2D eigenvalue weighted by atomic mass is 10.1. The van der Waals surface area contributed by atoms with Crippen LogP contribution in [0.15, 0.2) is 47.8 Å². The standard InChI is InChI=1S/C24H24FN3O4S2/c1-31-20-7-15(8-21(10-20)32-2)12-33-13-18-14-34-24(26-18)27-23(30)16-9-22(29)28(11-16)19-5-3-17(25)4-6-19/h3-8,10,14,16H,9,11-13H2,1-2H3,(H,26,27,30). The molecule has 1 aliphatic rings. The van der Waals surface area contributed by atoms with Gasteiger partial charge in [0.2, 0.25) is 11.8 Å². The quantitative estimate of drug-likeness (QED) is 0.457. The van der Waals surface area contributed by atoms with E-state index in [2.05, 4.69) is 10.3 Å². The van der Waals surface area contributed by atoms with Gasteiger partial charge in [0.15, 0.2) is 5.13 Å². The summed E-state index contributed by atoms with van der Waals surface area (Å²) in [6.07, 6.45) is 0.112. The number of ether oxygens (including phenoxy) is 2. The lowest BCUT2D eigenvalue weighted by Crippen LogP contribution is -2.28. The van der Waals surface area contributed by atoms with Gasteiger partial charge < -0.3 is 19.7 Å². The number of benzene rings is 2. The summed E-state index contributed by atoms with van der Waals surface area (Å²) < 4.78 is 23.8. The van der Waals surface area contributed by atoms with Crippen molar-refractivity contribution in [3.8, 4) is 11.5 Å². The highest BCUT2D eigenvalue weighted by atomic mass is 32.2. The molecule has 1 N–H and O–H groups in total. The highest BCUT2D eigenvalue weighted by Gasteiger charge is 2.35. The zero-order chi connectivity index (χ0) is 24.1. The van der Waals surface area contributed by atoms with E-state index in [1.807, 2.05) is 23.6 Å². The van der Waals surface area contributed by atoms with Crippen molar-refractivity contribution in [1.82, 2.24) is 4.98 Å². The number of rotatable bonds is 9. The Balaban J connectivity index is 1.29. The molecule has 1 saturated heterocycles. The van der Waals surface area contributed by atoms with Crippen LogP contribution in [0.1, 0.15) is 17.7 Å². The Morgan fingerprint density at radius 3 is 2.56 bits per heavy atom. The number of nitrogens with zero attached hydrogens (tertiary/aromatic N) is 2. The summed E-state index contributed by atoms with van der Waals surface area (Å²) in [4.78, 5) is 31.1. The third-order valence-corrected chi connectivity index (χ3v) is 7.19. The summed E-state index contributed by atoms with van der Waals surface area (Å²) in [6, 6.07) is 11.5. The third kappa shape index (κ3) is 5.87. The number of hydrogen-bond acceptors (Lipinski definition) is 7. The molecular formula is C24H24FN3O4S2. The number of amides is 2. The predicted molar refractivity (Wildman–Crippen MR) is 132 cm³/mol. The summed E-state index contributed by atoms with van der Waals surface area (Å²) in [5.41, 5.74) is 2.54. The van der Waals surface area contributed by atoms with Crippen LogP contribution in [0.2, 0.25) is 0 Å².